The maximum Gasteiger partial charge on any atom is 0.126 e. The number of nitrogens with one attached hydrogen (secondary N) is 1. The third-order valence-electron chi connectivity index (χ3n) is 2.65. The maximum absolute atomic E-state index is 13.4. The summed E-state index contributed by atoms with van der Waals surface area (Å²) in [5, 5.41) is 3.37. The molecule has 96 valence electrons. The first-order chi connectivity index (χ1) is 8.24. The van der Waals surface area contributed by atoms with Gasteiger partial charge in [0.1, 0.15) is 5.82 Å². The van der Waals surface area contributed by atoms with E-state index in [1.165, 1.54) is 6.07 Å². The average molecular weight is 239 g/mol. The summed E-state index contributed by atoms with van der Waals surface area (Å²) in [6.07, 6.45) is 1.72. The van der Waals surface area contributed by atoms with Gasteiger partial charge in [-0.1, -0.05) is 18.2 Å². The number of hydrogen-bond acceptors (Lipinski definition) is 2. The monoisotopic (exact) mass is 239 g/mol. The largest absolute Gasteiger partial charge is 0.382 e. The summed E-state index contributed by atoms with van der Waals surface area (Å²) in [4.78, 5) is 0. The SMILES string of the molecule is CCOCCCNC(C)Cc1ccccc1F. The molecule has 0 fully saturated rings. The van der Waals surface area contributed by atoms with Gasteiger partial charge >= 0.3 is 0 Å². The lowest BCUT2D eigenvalue weighted by atomic mass is 10.1. The molecular weight excluding hydrogens is 217 g/mol. The van der Waals surface area contributed by atoms with Crippen LogP contribution in [0.15, 0.2) is 24.3 Å². The molecule has 1 unspecified atom stereocenters. The highest BCUT2D eigenvalue weighted by Crippen LogP contribution is 2.08. The highest BCUT2D eigenvalue weighted by Gasteiger charge is 2.06. The molecule has 0 aromatic heterocycles. The van der Waals surface area contributed by atoms with Gasteiger partial charge in [0.25, 0.3) is 0 Å². The van der Waals surface area contributed by atoms with Crippen molar-refractivity contribution in [1.29, 1.82) is 0 Å². The molecule has 0 amide bonds. The molecule has 0 aliphatic rings. The molecule has 1 rings (SSSR count). The number of halogens is 1. The highest BCUT2D eigenvalue weighted by atomic mass is 19.1. The quantitative estimate of drug-likeness (QED) is 0.704. The Labute approximate surface area is 103 Å². The van der Waals surface area contributed by atoms with Crippen molar-refractivity contribution in [1.82, 2.24) is 5.32 Å². The van der Waals surface area contributed by atoms with Crippen molar-refractivity contribution in [3.05, 3.63) is 35.6 Å². The Morgan fingerprint density at radius 3 is 2.82 bits per heavy atom. The Morgan fingerprint density at radius 2 is 2.12 bits per heavy atom. The van der Waals surface area contributed by atoms with E-state index in [2.05, 4.69) is 12.2 Å². The van der Waals surface area contributed by atoms with E-state index in [-0.39, 0.29) is 11.9 Å². The van der Waals surface area contributed by atoms with Crippen LogP contribution in [0.3, 0.4) is 0 Å². The lowest BCUT2D eigenvalue weighted by Gasteiger charge is -2.14. The first-order valence-electron chi connectivity index (χ1n) is 6.28. The van der Waals surface area contributed by atoms with Gasteiger partial charge in [-0.2, -0.15) is 0 Å². The Kier molecular flexibility index (Phi) is 6.82. The van der Waals surface area contributed by atoms with Gasteiger partial charge in [-0.3, -0.25) is 0 Å². The van der Waals surface area contributed by atoms with Crippen molar-refractivity contribution in [2.24, 2.45) is 0 Å². The van der Waals surface area contributed by atoms with Gasteiger partial charge < -0.3 is 10.1 Å². The number of rotatable bonds is 8. The lowest BCUT2D eigenvalue weighted by molar-refractivity contribution is 0.144. The summed E-state index contributed by atoms with van der Waals surface area (Å²) in [5.74, 6) is -0.115. The molecule has 2 nitrogen and oxygen atoms in total. The van der Waals surface area contributed by atoms with Crippen molar-refractivity contribution in [2.75, 3.05) is 19.8 Å². The summed E-state index contributed by atoms with van der Waals surface area (Å²) in [6.45, 7) is 6.54. The molecular formula is C14H22FNO. The zero-order valence-corrected chi connectivity index (χ0v) is 10.7. The fourth-order valence-corrected chi connectivity index (χ4v) is 1.73. The molecule has 0 saturated heterocycles. The fourth-order valence-electron chi connectivity index (χ4n) is 1.73. The van der Waals surface area contributed by atoms with Crippen LogP contribution in [0, 0.1) is 5.82 Å². The standard InChI is InChI=1S/C14H22FNO/c1-3-17-10-6-9-16-12(2)11-13-7-4-5-8-14(13)15/h4-5,7-8,12,16H,3,6,9-11H2,1-2H3. The van der Waals surface area contributed by atoms with Crippen LogP contribution in [0.5, 0.6) is 0 Å². The number of benzene rings is 1. The Morgan fingerprint density at radius 1 is 1.35 bits per heavy atom. The molecule has 0 radical (unpaired) electrons. The van der Waals surface area contributed by atoms with E-state index < -0.39 is 0 Å². The minimum atomic E-state index is -0.115. The molecule has 3 heteroatoms. The summed E-state index contributed by atoms with van der Waals surface area (Å²) in [5.41, 5.74) is 0.775. The van der Waals surface area contributed by atoms with Crippen molar-refractivity contribution >= 4 is 0 Å². The number of hydrogen-bond donors (Lipinski definition) is 1. The second-order valence-corrected chi connectivity index (χ2v) is 4.20. The van der Waals surface area contributed by atoms with Gasteiger partial charge in [-0.05, 0) is 44.9 Å². The van der Waals surface area contributed by atoms with Crippen molar-refractivity contribution in [3.8, 4) is 0 Å². The molecule has 17 heavy (non-hydrogen) atoms. The lowest BCUT2D eigenvalue weighted by Crippen LogP contribution is -2.29. The van der Waals surface area contributed by atoms with Gasteiger partial charge in [0.15, 0.2) is 0 Å². The molecule has 0 aliphatic carbocycles. The molecule has 1 aromatic carbocycles. The van der Waals surface area contributed by atoms with Crippen molar-refractivity contribution in [2.45, 2.75) is 32.7 Å². The predicted octanol–water partition coefficient (Wildman–Crippen LogP) is 2.77. The van der Waals surface area contributed by atoms with Gasteiger partial charge in [0.05, 0.1) is 0 Å². The first-order valence-corrected chi connectivity index (χ1v) is 6.28. The molecule has 1 N–H and O–H groups in total. The molecule has 0 bridgehead atoms. The average Bonchev–Trinajstić information content (AvgIpc) is 2.32. The zero-order chi connectivity index (χ0) is 12.5. The third kappa shape index (κ3) is 5.80. The summed E-state index contributed by atoms with van der Waals surface area (Å²) in [6, 6.07) is 7.23. The normalized spacial score (nSPS) is 12.6. The Bertz CT molecular complexity index is 317. The van der Waals surface area contributed by atoms with E-state index in [9.17, 15) is 4.39 Å². The number of ether oxygens (including phenoxy) is 1. The second-order valence-electron chi connectivity index (χ2n) is 4.20. The first kappa shape index (κ1) is 14.1. The van der Waals surface area contributed by atoms with Crippen LogP contribution in [0.1, 0.15) is 25.8 Å². The predicted molar refractivity (Wildman–Crippen MR) is 68.7 cm³/mol. The maximum atomic E-state index is 13.4. The van der Waals surface area contributed by atoms with E-state index in [1.807, 2.05) is 19.1 Å². The van der Waals surface area contributed by atoms with Gasteiger partial charge in [0, 0.05) is 19.3 Å². The fraction of sp³-hybridized carbons (Fsp3) is 0.571. The molecule has 1 aromatic rings. The molecule has 0 aliphatic heterocycles. The summed E-state index contributed by atoms with van der Waals surface area (Å²) < 4.78 is 18.6. The van der Waals surface area contributed by atoms with E-state index in [4.69, 9.17) is 4.74 Å². The minimum Gasteiger partial charge on any atom is -0.382 e. The van der Waals surface area contributed by atoms with Crippen LogP contribution in [0.2, 0.25) is 0 Å². The van der Waals surface area contributed by atoms with E-state index in [0.717, 1.165) is 38.2 Å². The Balaban J connectivity index is 2.21. The zero-order valence-electron chi connectivity index (χ0n) is 10.7. The van der Waals surface area contributed by atoms with Crippen LogP contribution in [-0.4, -0.2) is 25.8 Å². The van der Waals surface area contributed by atoms with Crippen LogP contribution >= 0.6 is 0 Å². The third-order valence-corrected chi connectivity index (χ3v) is 2.65. The van der Waals surface area contributed by atoms with Gasteiger partial charge in [-0.15, -0.1) is 0 Å². The minimum absolute atomic E-state index is 0.115. The molecule has 1 atom stereocenters. The summed E-state index contributed by atoms with van der Waals surface area (Å²) in [7, 11) is 0. The van der Waals surface area contributed by atoms with E-state index in [0.29, 0.717) is 0 Å². The topological polar surface area (TPSA) is 21.3 Å². The smallest absolute Gasteiger partial charge is 0.126 e. The summed E-state index contributed by atoms with van der Waals surface area (Å²) >= 11 is 0. The molecule has 0 saturated carbocycles. The van der Waals surface area contributed by atoms with E-state index in [1.54, 1.807) is 6.07 Å². The van der Waals surface area contributed by atoms with Crippen molar-refractivity contribution < 1.29 is 9.13 Å². The van der Waals surface area contributed by atoms with Crippen molar-refractivity contribution in [3.63, 3.8) is 0 Å². The second kappa shape index (κ2) is 8.20. The Hall–Kier alpha value is -0.930. The van der Waals surface area contributed by atoms with Crippen LogP contribution in [0.4, 0.5) is 4.39 Å². The van der Waals surface area contributed by atoms with E-state index >= 15 is 0 Å². The highest BCUT2D eigenvalue weighted by molar-refractivity contribution is 5.18. The van der Waals surface area contributed by atoms with Gasteiger partial charge in [-0.25, -0.2) is 4.39 Å². The molecule has 0 heterocycles. The van der Waals surface area contributed by atoms with Crippen LogP contribution < -0.4 is 5.32 Å². The van der Waals surface area contributed by atoms with Crippen LogP contribution in [-0.2, 0) is 11.2 Å². The van der Waals surface area contributed by atoms with Gasteiger partial charge in [0.2, 0.25) is 0 Å². The van der Waals surface area contributed by atoms with Crippen LogP contribution in [0.25, 0.3) is 0 Å². The molecule has 0 spiro atoms.